The number of nitrogens with zero attached hydrogens (tertiary/aromatic N) is 1. The number of aliphatic hydroxyl groups is 1. The summed E-state index contributed by atoms with van der Waals surface area (Å²) in [5, 5.41) is 10.9. The van der Waals surface area contributed by atoms with E-state index in [2.05, 4.69) is 0 Å². The van der Waals surface area contributed by atoms with Gasteiger partial charge in [-0.05, 0) is 42.0 Å². The van der Waals surface area contributed by atoms with Crippen LogP contribution in [0.1, 0.15) is 17.2 Å². The zero-order chi connectivity index (χ0) is 22.0. The van der Waals surface area contributed by atoms with Gasteiger partial charge in [0.25, 0.3) is 11.7 Å². The van der Waals surface area contributed by atoms with Crippen LogP contribution in [0.3, 0.4) is 0 Å². The van der Waals surface area contributed by atoms with Crippen LogP contribution in [0, 0.1) is 11.6 Å². The Labute approximate surface area is 178 Å². The molecule has 2 saturated heterocycles. The van der Waals surface area contributed by atoms with Gasteiger partial charge in [0.05, 0.1) is 37.9 Å². The number of hydrogen-bond acceptors (Lipinski definition) is 4. The molecule has 31 heavy (non-hydrogen) atoms. The standard InChI is InChI=1S/C23H22F2N2O4/c24-17-5-1-15(2-6-17)20-19(21(28)16-3-7-18(25)8-4-16)22(29)23(30)27(20)10-9-26-11-13-31-14-12-26/h1-8,20,28H,9-14H2/p+1/t20-/m0/s1. The molecule has 0 radical (unpaired) electrons. The lowest BCUT2D eigenvalue weighted by Crippen LogP contribution is -3.14. The van der Waals surface area contributed by atoms with E-state index < -0.39 is 29.4 Å². The average molecular weight is 429 g/mol. The molecule has 1 atom stereocenters. The van der Waals surface area contributed by atoms with Crippen LogP contribution in [0.15, 0.2) is 54.1 Å². The quantitative estimate of drug-likeness (QED) is 0.427. The second-order valence-corrected chi connectivity index (χ2v) is 7.66. The van der Waals surface area contributed by atoms with E-state index in [0.717, 1.165) is 13.1 Å². The average Bonchev–Trinajstić information content (AvgIpc) is 3.04. The highest BCUT2D eigenvalue weighted by molar-refractivity contribution is 6.46. The molecule has 2 aliphatic heterocycles. The van der Waals surface area contributed by atoms with Crippen LogP contribution in [0.4, 0.5) is 8.78 Å². The number of benzene rings is 2. The zero-order valence-electron chi connectivity index (χ0n) is 16.8. The highest BCUT2D eigenvalue weighted by atomic mass is 19.1. The lowest BCUT2D eigenvalue weighted by Gasteiger charge is -2.29. The predicted molar refractivity (Wildman–Crippen MR) is 108 cm³/mol. The summed E-state index contributed by atoms with van der Waals surface area (Å²) in [6.45, 7) is 3.80. The molecule has 162 valence electrons. The van der Waals surface area contributed by atoms with Crippen molar-refractivity contribution in [2.75, 3.05) is 39.4 Å². The number of amides is 1. The van der Waals surface area contributed by atoms with Crippen molar-refractivity contribution in [2.24, 2.45) is 0 Å². The summed E-state index contributed by atoms with van der Waals surface area (Å²) in [6, 6.07) is 9.67. The van der Waals surface area contributed by atoms with Gasteiger partial charge in [-0.2, -0.15) is 0 Å². The van der Waals surface area contributed by atoms with Gasteiger partial charge >= 0.3 is 0 Å². The number of halogens is 2. The van der Waals surface area contributed by atoms with E-state index in [1.54, 1.807) is 0 Å². The van der Waals surface area contributed by atoms with Crippen LogP contribution >= 0.6 is 0 Å². The lowest BCUT2D eigenvalue weighted by molar-refractivity contribution is -0.907. The number of rotatable bonds is 5. The number of carbonyl (C=O) groups excluding carboxylic acids is 2. The largest absolute Gasteiger partial charge is 0.507 e. The first-order valence-electron chi connectivity index (χ1n) is 10.2. The van der Waals surface area contributed by atoms with E-state index in [1.807, 2.05) is 0 Å². The topological polar surface area (TPSA) is 71.3 Å². The Hall–Kier alpha value is -3.10. The normalized spacial score (nSPS) is 21.6. The number of hydrogen-bond donors (Lipinski definition) is 2. The van der Waals surface area contributed by atoms with Crippen LogP contribution in [0.5, 0.6) is 0 Å². The molecule has 2 fully saturated rings. The third-order valence-corrected chi connectivity index (χ3v) is 5.75. The number of carbonyl (C=O) groups is 2. The predicted octanol–water partition coefficient (Wildman–Crippen LogP) is 1.30. The molecule has 0 unspecified atom stereocenters. The summed E-state index contributed by atoms with van der Waals surface area (Å²) >= 11 is 0. The first-order chi connectivity index (χ1) is 15.0. The Morgan fingerprint density at radius 2 is 1.58 bits per heavy atom. The highest BCUT2D eigenvalue weighted by Crippen LogP contribution is 2.39. The molecule has 8 heteroatoms. The molecule has 0 spiro atoms. The van der Waals surface area contributed by atoms with Crippen LogP contribution in [0.2, 0.25) is 0 Å². The molecule has 2 aliphatic rings. The Morgan fingerprint density at radius 1 is 1.00 bits per heavy atom. The number of aliphatic hydroxyl groups excluding tert-OH is 1. The van der Waals surface area contributed by atoms with E-state index in [-0.39, 0.29) is 16.9 Å². The summed E-state index contributed by atoms with van der Waals surface area (Å²) in [5.41, 5.74) is 0.659. The maximum atomic E-state index is 13.5. The minimum absolute atomic E-state index is 0.0832. The van der Waals surface area contributed by atoms with Crippen molar-refractivity contribution >= 4 is 17.4 Å². The third-order valence-electron chi connectivity index (χ3n) is 5.75. The second-order valence-electron chi connectivity index (χ2n) is 7.66. The fourth-order valence-electron chi connectivity index (χ4n) is 4.05. The van der Waals surface area contributed by atoms with Crippen molar-refractivity contribution in [3.63, 3.8) is 0 Å². The number of likely N-dealkylation sites (tertiary alicyclic amines) is 1. The molecule has 2 N–H and O–H groups in total. The molecule has 2 aromatic carbocycles. The van der Waals surface area contributed by atoms with Crippen LogP contribution in [-0.4, -0.2) is 61.1 Å². The Kier molecular flexibility index (Phi) is 6.11. The highest BCUT2D eigenvalue weighted by Gasteiger charge is 2.46. The number of morpholine rings is 1. The van der Waals surface area contributed by atoms with Crippen LogP contribution in [-0.2, 0) is 14.3 Å². The van der Waals surface area contributed by atoms with Gasteiger partial charge in [-0.15, -0.1) is 0 Å². The first kappa shape index (κ1) is 21.1. The van der Waals surface area contributed by atoms with E-state index in [4.69, 9.17) is 4.74 Å². The van der Waals surface area contributed by atoms with Crippen molar-refractivity contribution in [2.45, 2.75) is 6.04 Å². The van der Waals surface area contributed by atoms with Gasteiger partial charge in [-0.25, -0.2) is 8.78 Å². The van der Waals surface area contributed by atoms with Crippen LogP contribution in [0.25, 0.3) is 5.76 Å². The molecule has 0 saturated carbocycles. The Morgan fingerprint density at radius 3 is 2.19 bits per heavy atom. The molecule has 6 nitrogen and oxygen atoms in total. The Balaban J connectivity index is 1.72. The summed E-state index contributed by atoms with van der Waals surface area (Å²) in [7, 11) is 0. The lowest BCUT2D eigenvalue weighted by atomic mass is 9.95. The van der Waals surface area contributed by atoms with Gasteiger partial charge in [0, 0.05) is 5.56 Å². The number of ether oxygens (including phenoxy) is 1. The molecule has 1 amide bonds. The monoisotopic (exact) mass is 429 g/mol. The van der Waals surface area contributed by atoms with E-state index in [9.17, 15) is 23.5 Å². The summed E-state index contributed by atoms with van der Waals surface area (Å²) in [6.07, 6.45) is 0. The second kappa shape index (κ2) is 8.95. The molecule has 4 rings (SSSR count). The SMILES string of the molecule is O=C1C(=O)N(CC[NH+]2CCOCC2)[C@@H](c2ccc(F)cc2)C1=C(O)c1ccc(F)cc1. The molecule has 2 aromatic rings. The number of Topliss-reactive ketones (excluding diaryl/α,β-unsaturated/α-hetero) is 1. The van der Waals surface area contributed by atoms with Gasteiger partial charge in [-0.1, -0.05) is 12.1 Å². The van der Waals surface area contributed by atoms with Crippen molar-refractivity contribution in [1.29, 1.82) is 0 Å². The van der Waals surface area contributed by atoms with E-state index in [1.165, 1.54) is 58.3 Å². The zero-order valence-corrected chi connectivity index (χ0v) is 16.8. The minimum Gasteiger partial charge on any atom is -0.507 e. The van der Waals surface area contributed by atoms with Crippen LogP contribution < -0.4 is 4.90 Å². The van der Waals surface area contributed by atoms with E-state index >= 15 is 0 Å². The van der Waals surface area contributed by atoms with Gasteiger partial charge in [-0.3, -0.25) is 9.59 Å². The van der Waals surface area contributed by atoms with Gasteiger partial charge < -0.3 is 19.6 Å². The molecular weight excluding hydrogens is 406 g/mol. The van der Waals surface area contributed by atoms with Crippen molar-refractivity contribution in [3.05, 3.63) is 76.9 Å². The van der Waals surface area contributed by atoms with E-state index in [0.29, 0.717) is 31.9 Å². The smallest absolute Gasteiger partial charge is 0.295 e. The van der Waals surface area contributed by atoms with Gasteiger partial charge in [0.15, 0.2) is 0 Å². The fourth-order valence-corrected chi connectivity index (χ4v) is 4.05. The molecule has 0 aromatic heterocycles. The van der Waals surface area contributed by atoms with Gasteiger partial charge in [0.2, 0.25) is 0 Å². The minimum atomic E-state index is -0.855. The number of nitrogens with one attached hydrogen (secondary N) is 1. The molecule has 0 aliphatic carbocycles. The summed E-state index contributed by atoms with van der Waals surface area (Å²) < 4.78 is 32.2. The fraction of sp³-hybridized carbons (Fsp3) is 0.304. The molecule has 2 heterocycles. The number of quaternary nitrogens is 1. The van der Waals surface area contributed by atoms with Crippen molar-refractivity contribution in [1.82, 2.24) is 4.90 Å². The first-order valence-corrected chi connectivity index (χ1v) is 10.2. The summed E-state index contributed by atoms with van der Waals surface area (Å²) in [4.78, 5) is 28.5. The third kappa shape index (κ3) is 4.35. The Bertz CT molecular complexity index is 999. The van der Waals surface area contributed by atoms with Gasteiger partial charge in [0.1, 0.15) is 30.5 Å². The van der Waals surface area contributed by atoms with Crippen molar-refractivity contribution < 1.29 is 33.1 Å². The number of ketones is 1. The maximum absolute atomic E-state index is 13.5. The molecule has 0 bridgehead atoms. The molecular formula is C23H23F2N2O4+. The van der Waals surface area contributed by atoms with Crippen molar-refractivity contribution in [3.8, 4) is 0 Å². The summed E-state index contributed by atoms with van der Waals surface area (Å²) in [5.74, 6) is -2.84. The maximum Gasteiger partial charge on any atom is 0.295 e.